The predicted molar refractivity (Wildman–Crippen MR) is 89.0 cm³/mol. The average molecular weight is 310 g/mol. The van der Waals surface area contributed by atoms with Gasteiger partial charge in [0.05, 0.1) is 10.4 Å². The Balaban J connectivity index is 1.66. The summed E-state index contributed by atoms with van der Waals surface area (Å²) in [4.78, 5) is 10.5. The Morgan fingerprint density at radius 2 is 2.30 bits per heavy atom. The highest BCUT2D eigenvalue weighted by Crippen LogP contribution is 2.52. The molecule has 118 valence electrons. The molecule has 4 rings (SSSR count). The van der Waals surface area contributed by atoms with Crippen LogP contribution >= 0.6 is 0 Å². The topological polar surface area (TPSA) is 83.8 Å². The Kier molecular flexibility index (Phi) is 3.01. The molecule has 0 spiro atoms. The van der Waals surface area contributed by atoms with Crippen molar-refractivity contribution in [3.05, 3.63) is 51.2 Å². The summed E-state index contributed by atoms with van der Waals surface area (Å²) in [5, 5.41) is 22.3. The van der Waals surface area contributed by atoms with Crippen LogP contribution in [0.2, 0.25) is 0 Å². The maximum absolute atomic E-state index is 10.9. The molecule has 2 N–H and O–H groups in total. The van der Waals surface area contributed by atoms with Crippen LogP contribution in [-0.4, -0.2) is 15.1 Å². The summed E-state index contributed by atoms with van der Waals surface area (Å²) in [7, 11) is 0. The standard InChI is InChI=1S/C17H18N4O2/c1-3-11-9(2)6-15(14-8-13(11)14)18-17-12-5-4-10(21(22)23)7-16(12)19-20-17/h4-7,11,13H,3,8H2,1-2H3,(H2,18,19,20). The number of allylic oxidation sites excluding steroid dienone is 3. The van der Waals surface area contributed by atoms with Crippen molar-refractivity contribution < 1.29 is 4.92 Å². The molecule has 2 unspecified atom stereocenters. The number of nitro benzene ring substituents is 1. The van der Waals surface area contributed by atoms with Crippen molar-refractivity contribution in [2.24, 2.45) is 11.8 Å². The third-order valence-corrected chi connectivity index (χ3v) is 4.97. The first kappa shape index (κ1) is 14.0. The van der Waals surface area contributed by atoms with Gasteiger partial charge >= 0.3 is 0 Å². The average Bonchev–Trinajstić information content (AvgIpc) is 3.22. The lowest BCUT2D eigenvalue weighted by atomic mass is 9.88. The van der Waals surface area contributed by atoms with Gasteiger partial charge in [0.25, 0.3) is 5.69 Å². The van der Waals surface area contributed by atoms with Crippen LogP contribution in [0.15, 0.2) is 41.1 Å². The summed E-state index contributed by atoms with van der Waals surface area (Å²) in [5.41, 5.74) is 4.76. The third kappa shape index (κ3) is 2.21. The number of benzene rings is 1. The molecule has 0 aliphatic heterocycles. The number of rotatable bonds is 4. The summed E-state index contributed by atoms with van der Waals surface area (Å²) >= 11 is 0. The van der Waals surface area contributed by atoms with Crippen molar-refractivity contribution in [1.29, 1.82) is 0 Å². The predicted octanol–water partition coefficient (Wildman–Crippen LogP) is 4.14. The minimum absolute atomic E-state index is 0.0659. The summed E-state index contributed by atoms with van der Waals surface area (Å²) in [6.07, 6.45) is 4.56. The summed E-state index contributed by atoms with van der Waals surface area (Å²) in [6.45, 7) is 4.43. The first-order valence-electron chi connectivity index (χ1n) is 7.89. The molecule has 1 aromatic heterocycles. The molecular formula is C17H18N4O2. The van der Waals surface area contributed by atoms with Crippen LogP contribution in [0.1, 0.15) is 26.7 Å². The zero-order chi connectivity index (χ0) is 16.1. The van der Waals surface area contributed by atoms with Crippen LogP contribution in [-0.2, 0) is 0 Å². The van der Waals surface area contributed by atoms with E-state index in [9.17, 15) is 10.1 Å². The molecular weight excluding hydrogens is 292 g/mol. The Morgan fingerprint density at radius 1 is 1.48 bits per heavy atom. The molecule has 2 aromatic rings. The highest BCUT2D eigenvalue weighted by Gasteiger charge is 2.41. The zero-order valence-electron chi connectivity index (χ0n) is 13.1. The van der Waals surface area contributed by atoms with Gasteiger partial charge in [-0.25, -0.2) is 0 Å². The number of aromatic amines is 1. The quantitative estimate of drug-likeness (QED) is 0.656. The molecule has 0 bridgehead atoms. The van der Waals surface area contributed by atoms with Gasteiger partial charge in [0.1, 0.15) is 0 Å². The van der Waals surface area contributed by atoms with Crippen LogP contribution in [0.3, 0.4) is 0 Å². The van der Waals surface area contributed by atoms with Gasteiger partial charge in [-0.2, -0.15) is 5.10 Å². The molecule has 1 saturated carbocycles. The SMILES string of the molecule is CCC1C(C)=CC(Nc2n[nH]c3cc([N+](=O)[O-])ccc23)=C2CC21. The van der Waals surface area contributed by atoms with Gasteiger partial charge in [-0.3, -0.25) is 15.2 Å². The Hall–Kier alpha value is -2.63. The minimum atomic E-state index is -0.398. The Bertz CT molecular complexity index is 878. The van der Waals surface area contributed by atoms with E-state index in [-0.39, 0.29) is 5.69 Å². The van der Waals surface area contributed by atoms with Crippen molar-refractivity contribution in [2.75, 3.05) is 5.32 Å². The largest absolute Gasteiger partial charge is 0.338 e. The number of hydrogen-bond donors (Lipinski definition) is 2. The van der Waals surface area contributed by atoms with Crippen LogP contribution < -0.4 is 5.32 Å². The first-order valence-corrected chi connectivity index (χ1v) is 7.89. The van der Waals surface area contributed by atoms with Crippen molar-refractivity contribution in [2.45, 2.75) is 26.7 Å². The molecule has 0 radical (unpaired) electrons. The lowest BCUT2D eigenvalue weighted by molar-refractivity contribution is -0.384. The van der Waals surface area contributed by atoms with Crippen LogP contribution in [0.4, 0.5) is 11.5 Å². The van der Waals surface area contributed by atoms with Crippen LogP contribution in [0.25, 0.3) is 10.9 Å². The fourth-order valence-corrected chi connectivity index (χ4v) is 3.68. The highest BCUT2D eigenvalue weighted by atomic mass is 16.6. The number of nitro groups is 1. The molecule has 2 atom stereocenters. The van der Waals surface area contributed by atoms with Gasteiger partial charge in [-0.05, 0) is 49.3 Å². The molecule has 1 heterocycles. The van der Waals surface area contributed by atoms with Crippen molar-refractivity contribution in [3.8, 4) is 0 Å². The number of nitrogens with one attached hydrogen (secondary N) is 2. The highest BCUT2D eigenvalue weighted by molar-refractivity contribution is 5.92. The van der Waals surface area contributed by atoms with Crippen molar-refractivity contribution in [3.63, 3.8) is 0 Å². The van der Waals surface area contributed by atoms with E-state index in [1.165, 1.54) is 29.7 Å². The van der Waals surface area contributed by atoms with E-state index in [0.29, 0.717) is 17.4 Å². The molecule has 6 heteroatoms. The van der Waals surface area contributed by atoms with E-state index in [1.54, 1.807) is 6.07 Å². The van der Waals surface area contributed by atoms with E-state index in [4.69, 9.17) is 0 Å². The smallest absolute Gasteiger partial charge is 0.271 e. The van der Waals surface area contributed by atoms with Gasteiger partial charge in [0.2, 0.25) is 0 Å². The molecule has 2 aliphatic carbocycles. The molecule has 1 aromatic carbocycles. The van der Waals surface area contributed by atoms with Gasteiger partial charge in [0, 0.05) is 23.2 Å². The zero-order valence-corrected chi connectivity index (χ0v) is 13.1. The molecule has 1 fully saturated rings. The molecule has 0 saturated heterocycles. The number of aromatic nitrogens is 2. The van der Waals surface area contributed by atoms with E-state index in [0.717, 1.165) is 23.3 Å². The lowest BCUT2D eigenvalue weighted by Crippen LogP contribution is -2.10. The monoisotopic (exact) mass is 310 g/mol. The number of fused-ring (bicyclic) bond motifs is 2. The fourth-order valence-electron chi connectivity index (χ4n) is 3.68. The lowest BCUT2D eigenvalue weighted by Gasteiger charge is -2.20. The minimum Gasteiger partial charge on any atom is -0.338 e. The van der Waals surface area contributed by atoms with Crippen LogP contribution in [0.5, 0.6) is 0 Å². The van der Waals surface area contributed by atoms with Crippen molar-refractivity contribution in [1.82, 2.24) is 10.2 Å². The molecule has 2 aliphatic rings. The molecule has 23 heavy (non-hydrogen) atoms. The fraction of sp³-hybridized carbons (Fsp3) is 0.353. The first-order chi connectivity index (χ1) is 11.1. The maximum Gasteiger partial charge on any atom is 0.271 e. The van der Waals surface area contributed by atoms with E-state index in [2.05, 4.69) is 35.4 Å². The normalized spacial score (nSPS) is 22.8. The second-order valence-electron chi connectivity index (χ2n) is 6.34. The van der Waals surface area contributed by atoms with E-state index >= 15 is 0 Å². The number of nitrogens with zero attached hydrogens (tertiary/aromatic N) is 2. The summed E-state index contributed by atoms with van der Waals surface area (Å²) in [6, 6.07) is 4.76. The number of H-pyrrole nitrogens is 1. The maximum atomic E-state index is 10.9. The Morgan fingerprint density at radius 3 is 3.04 bits per heavy atom. The second kappa shape index (κ2) is 4.94. The number of anilines is 1. The second-order valence-corrected chi connectivity index (χ2v) is 6.34. The van der Waals surface area contributed by atoms with Gasteiger partial charge in [0.15, 0.2) is 5.82 Å². The van der Waals surface area contributed by atoms with Crippen molar-refractivity contribution >= 4 is 22.4 Å². The van der Waals surface area contributed by atoms with Crippen LogP contribution in [0, 0.1) is 22.0 Å². The number of hydrogen-bond acceptors (Lipinski definition) is 4. The third-order valence-electron chi connectivity index (χ3n) is 4.97. The van der Waals surface area contributed by atoms with Gasteiger partial charge < -0.3 is 5.32 Å². The summed E-state index contributed by atoms with van der Waals surface area (Å²) < 4.78 is 0. The summed E-state index contributed by atoms with van der Waals surface area (Å²) in [5.74, 6) is 2.08. The molecule has 0 amide bonds. The van der Waals surface area contributed by atoms with Gasteiger partial charge in [-0.1, -0.05) is 12.5 Å². The van der Waals surface area contributed by atoms with E-state index in [1.807, 2.05) is 0 Å². The van der Waals surface area contributed by atoms with E-state index < -0.39 is 4.92 Å². The number of non-ortho nitro benzene ring substituents is 1. The molecule has 6 nitrogen and oxygen atoms in total. The Labute approximate surface area is 133 Å². The van der Waals surface area contributed by atoms with Gasteiger partial charge in [-0.15, -0.1) is 0 Å².